The van der Waals surface area contributed by atoms with Gasteiger partial charge < -0.3 is 0 Å². The molecule has 1 fully saturated rings. The van der Waals surface area contributed by atoms with Crippen molar-refractivity contribution in [2.75, 3.05) is 0 Å². The number of rotatable bonds is 6. The lowest BCUT2D eigenvalue weighted by Crippen LogP contribution is -2.12. The summed E-state index contributed by atoms with van der Waals surface area (Å²) in [5.74, 6) is -0.724. The number of hydrogen-bond donors (Lipinski definition) is 0. The minimum atomic E-state index is -0.821. The van der Waals surface area contributed by atoms with E-state index in [1.165, 1.54) is 0 Å². The monoisotopic (exact) mass is 448 g/mol. The maximum atomic E-state index is 14.9. The topological polar surface area (TPSA) is 0 Å². The summed E-state index contributed by atoms with van der Waals surface area (Å²) < 4.78 is 44.2. The zero-order chi connectivity index (χ0) is 23.4. The van der Waals surface area contributed by atoms with E-state index in [0.717, 1.165) is 48.3 Å². The number of aryl methyl sites for hydroxylation is 1. The van der Waals surface area contributed by atoms with Gasteiger partial charge in [-0.05, 0) is 78.3 Å². The second kappa shape index (κ2) is 10.4. The van der Waals surface area contributed by atoms with E-state index in [-0.39, 0.29) is 11.4 Å². The molecule has 0 aromatic heterocycles. The van der Waals surface area contributed by atoms with Gasteiger partial charge in [-0.2, -0.15) is 0 Å². The summed E-state index contributed by atoms with van der Waals surface area (Å²) in [5.41, 5.74) is 3.68. The Bertz CT molecular complexity index is 1120. The average Bonchev–Trinajstić information content (AvgIpc) is 2.83. The first-order valence-corrected chi connectivity index (χ1v) is 12.0. The summed E-state index contributed by atoms with van der Waals surface area (Å²) in [6, 6.07) is 16.0. The predicted molar refractivity (Wildman–Crippen MR) is 131 cm³/mol. The molecule has 33 heavy (non-hydrogen) atoms. The van der Waals surface area contributed by atoms with Crippen LogP contribution in [0.5, 0.6) is 0 Å². The van der Waals surface area contributed by atoms with Crippen LogP contribution in [0.1, 0.15) is 63.0 Å². The minimum absolute atomic E-state index is 0.155. The first-order valence-electron chi connectivity index (χ1n) is 12.0. The molecule has 1 aliphatic rings. The van der Waals surface area contributed by atoms with Crippen molar-refractivity contribution in [3.05, 3.63) is 95.3 Å². The van der Waals surface area contributed by atoms with Gasteiger partial charge in [0.2, 0.25) is 0 Å². The molecule has 3 aromatic rings. The molecule has 1 aliphatic carbocycles. The molecule has 0 amide bonds. The lowest BCUT2D eigenvalue weighted by Gasteiger charge is -2.26. The van der Waals surface area contributed by atoms with Crippen LogP contribution in [0.15, 0.2) is 66.7 Å². The fourth-order valence-electron chi connectivity index (χ4n) is 4.86. The summed E-state index contributed by atoms with van der Waals surface area (Å²) in [6.07, 6.45) is 9.38. The van der Waals surface area contributed by atoms with Gasteiger partial charge in [0.15, 0.2) is 11.6 Å². The van der Waals surface area contributed by atoms with Gasteiger partial charge in [0.05, 0.1) is 0 Å². The van der Waals surface area contributed by atoms with Gasteiger partial charge in [-0.3, -0.25) is 0 Å². The first-order chi connectivity index (χ1) is 16.0. The fraction of sp³-hybridized carbons (Fsp3) is 0.333. The van der Waals surface area contributed by atoms with Crippen LogP contribution in [-0.4, -0.2) is 0 Å². The normalized spacial score (nSPS) is 18.7. The zero-order valence-electron chi connectivity index (χ0n) is 19.4. The molecule has 0 saturated heterocycles. The lowest BCUT2D eigenvalue weighted by molar-refractivity contribution is 0.342. The highest BCUT2D eigenvalue weighted by Crippen LogP contribution is 2.38. The number of benzene rings is 3. The Kier molecular flexibility index (Phi) is 7.37. The van der Waals surface area contributed by atoms with Gasteiger partial charge in [-0.25, -0.2) is 13.2 Å². The van der Waals surface area contributed by atoms with Gasteiger partial charge in [0.25, 0.3) is 0 Å². The van der Waals surface area contributed by atoms with E-state index >= 15 is 0 Å². The third kappa shape index (κ3) is 5.24. The maximum absolute atomic E-state index is 14.9. The Balaban J connectivity index is 1.53. The summed E-state index contributed by atoms with van der Waals surface area (Å²) in [5, 5.41) is 0. The standard InChI is InChI=1S/C30H31F3/c1-3-4-5-6-24-15-18-27(30(33)29(24)32)23-13-11-21(12-14-23)25-16-17-26(28(31)19-25)22-9-7-20(2)8-10-22/h3-4,11-20,22H,5-10H2,1-2H3/b4-3+. The Morgan fingerprint density at radius 2 is 1.45 bits per heavy atom. The van der Waals surface area contributed by atoms with Crippen molar-refractivity contribution in [1.29, 1.82) is 0 Å². The van der Waals surface area contributed by atoms with Crippen molar-refractivity contribution in [1.82, 2.24) is 0 Å². The van der Waals surface area contributed by atoms with Crippen LogP contribution in [0.2, 0.25) is 0 Å². The van der Waals surface area contributed by atoms with E-state index in [0.29, 0.717) is 29.9 Å². The van der Waals surface area contributed by atoms with Crippen LogP contribution in [-0.2, 0) is 6.42 Å². The SMILES string of the molecule is C/C=C/CCc1ccc(-c2ccc(-c3ccc(C4CCC(C)CC4)c(F)c3)cc2)c(F)c1F. The van der Waals surface area contributed by atoms with E-state index in [4.69, 9.17) is 0 Å². The lowest BCUT2D eigenvalue weighted by atomic mass is 9.79. The summed E-state index contributed by atoms with van der Waals surface area (Å²) >= 11 is 0. The van der Waals surface area contributed by atoms with Crippen LogP contribution >= 0.6 is 0 Å². The maximum Gasteiger partial charge on any atom is 0.166 e. The molecule has 0 N–H and O–H groups in total. The molecule has 3 aromatic carbocycles. The average molecular weight is 449 g/mol. The molecule has 1 saturated carbocycles. The Morgan fingerprint density at radius 1 is 0.788 bits per heavy atom. The van der Waals surface area contributed by atoms with Crippen LogP contribution < -0.4 is 0 Å². The zero-order valence-corrected chi connectivity index (χ0v) is 19.4. The Morgan fingerprint density at radius 3 is 2.12 bits per heavy atom. The van der Waals surface area contributed by atoms with Gasteiger partial charge in [0.1, 0.15) is 5.82 Å². The minimum Gasteiger partial charge on any atom is -0.207 e. The molecule has 0 atom stereocenters. The smallest absolute Gasteiger partial charge is 0.166 e. The van der Waals surface area contributed by atoms with Crippen molar-refractivity contribution >= 4 is 0 Å². The van der Waals surface area contributed by atoms with Crippen molar-refractivity contribution in [2.45, 2.75) is 58.3 Å². The first kappa shape index (κ1) is 23.4. The van der Waals surface area contributed by atoms with E-state index in [1.54, 1.807) is 30.3 Å². The Labute approximate surface area is 195 Å². The molecule has 0 radical (unpaired) electrons. The third-order valence-corrected chi connectivity index (χ3v) is 6.96. The molecule has 0 heterocycles. The molecular formula is C30H31F3. The highest BCUT2D eigenvalue weighted by atomic mass is 19.2. The van der Waals surface area contributed by atoms with Crippen LogP contribution in [0.25, 0.3) is 22.3 Å². The van der Waals surface area contributed by atoms with Crippen molar-refractivity contribution in [3.8, 4) is 22.3 Å². The molecule has 0 bridgehead atoms. The fourth-order valence-corrected chi connectivity index (χ4v) is 4.86. The predicted octanol–water partition coefficient (Wildman–Crippen LogP) is 9.24. The van der Waals surface area contributed by atoms with E-state index in [9.17, 15) is 13.2 Å². The highest BCUT2D eigenvalue weighted by Gasteiger charge is 2.22. The van der Waals surface area contributed by atoms with Crippen LogP contribution in [0.3, 0.4) is 0 Å². The molecular weight excluding hydrogens is 417 g/mol. The van der Waals surface area contributed by atoms with E-state index in [2.05, 4.69) is 6.92 Å². The Hall–Kier alpha value is -2.81. The number of allylic oxidation sites excluding steroid dienone is 2. The van der Waals surface area contributed by atoms with Crippen molar-refractivity contribution < 1.29 is 13.2 Å². The van der Waals surface area contributed by atoms with Crippen molar-refractivity contribution in [2.24, 2.45) is 5.92 Å². The van der Waals surface area contributed by atoms with Gasteiger partial charge in [-0.1, -0.05) is 80.4 Å². The second-order valence-corrected chi connectivity index (χ2v) is 9.28. The van der Waals surface area contributed by atoms with Crippen LogP contribution in [0.4, 0.5) is 13.2 Å². The van der Waals surface area contributed by atoms with Gasteiger partial charge in [-0.15, -0.1) is 0 Å². The number of halogens is 3. The number of hydrogen-bond acceptors (Lipinski definition) is 0. The second-order valence-electron chi connectivity index (χ2n) is 9.28. The van der Waals surface area contributed by atoms with Gasteiger partial charge >= 0.3 is 0 Å². The van der Waals surface area contributed by atoms with Crippen molar-refractivity contribution in [3.63, 3.8) is 0 Å². The summed E-state index contributed by atoms with van der Waals surface area (Å²) in [6.45, 7) is 4.17. The summed E-state index contributed by atoms with van der Waals surface area (Å²) in [7, 11) is 0. The molecule has 0 unspecified atom stereocenters. The summed E-state index contributed by atoms with van der Waals surface area (Å²) in [4.78, 5) is 0. The van der Waals surface area contributed by atoms with Gasteiger partial charge in [0, 0.05) is 5.56 Å². The van der Waals surface area contributed by atoms with Crippen LogP contribution in [0, 0.1) is 23.4 Å². The third-order valence-electron chi connectivity index (χ3n) is 6.96. The molecule has 172 valence electrons. The highest BCUT2D eigenvalue weighted by molar-refractivity contribution is 5.71. The molecule has 0 spiro atoms. The molecule has 3 heteroatoms. The van der Waals surface area contributed by atoms with E-state index < -0.39 is 11.6 Å². The molecule has 0 aliphatic heterocycles. The quantitative estimate of drug-likeness (QED) is 0.330. The largest absolute Gasteiger partial charge is 0.207 e. The molecule has 0 nitrogen and oxygen atoms in total. The van der Waals surface area contributed by atoms with E-state index in [1.807, 2.05) is 43.3 Å². The molecule has 4 rings (SSSR count).